The maximum absolute atomic E-state index is 13.7. The van der Waals surface area contributed by atoms with Crippen LogP contribution < -0.4 is 15.4 Å². The molecule has 0 radical (unpaired) electrons. The summed E-state index contributed by atoms with van der Waals surface area (Å²) in [6.45, 7) is 4.71. The summed E-state index contributed by atoms with van der Waals surface area (Å²) in [5.41, 5.74) is 0.746. The van der Waals surface area contributed by atoms with Gasteiger partial charge in [0.1, 0.15) is 0 Å². The maximum atomic E-state index is 13.7. The van der Waals surface area contributed by atoms with Gasteiger partial charge in [0, 0.05) is 13.0 Å². The van der Waals surface area contributed by atoms with E-state index in [0.717, 1.165) is 37.9 Å². The number of ether oxygens (including phenoxy) is 1. The molecule has 1 heterocycles. The molecule has 130 valence electrons. The molecule has 1 fully saturated rings. The largest absolute Gasteiger partial charge is 0.491 e. The highest BCUT2D eigenvalue weighted by Gasteiger charge is 2.14. The number of piperidine rings is 1. The number of hydrogen-bond acceptors (Lipinski definition) is 3. The number of halogens is 2. The van der Waals surface area contributed by atoms with E-state index in [1.54, 1.807) is 12.1 Å². The Morgan fingerprint density at radius 1 is 1.39 bits per heavy atom. The van der Waals surface area contributed by atoms with Crippen LogP contribution in [0.1, 0.15) is 38.2 Å². The number of carbonyl (C=O) groups is 1. The average Bonchev–Trinajstić information content (AvgIpc) is 2.54. The van der Waals surface area contributed by atoms with Crippen LogP contribution in [0.3, 0.4) is 0 Å². The quantitative estimate of drug-likeness (QED) is 0.799. The molecule has 1 aromatic rings. The number of hydrogen-bond donors (Lipinski definition) is 2. The predicted octanol–water partition coefficient (Wildman–Crippen LogP) is 3.04. The standard InChI is InChI=1S/C17H25FN2O2.ClH/c1-2-22-16-5-3-14(11-15(16)18)12-20-17(21)6-4-13-7-9-19-10-8-13;/h3,5,11,13,19H,2,4,6-10,12H2,1H3,(H,20,21);1H. The Labute approximate surface area is 143 Å². The Morgan fingerprint density at radius 3 is 2.78 bits per heavy atom. The molecule has 2 rings (SSSR count). The van der Waals surface area contributed by atoms with Gasteiger partial charge in [-0.1, -0.05) is 6.07 Å². The second kappa shape index (κ2) is 10.4. The number of nitrogens with one attached hydrogen (secondary N) is 2. The third-order valence-corrected chi connectivity index (χ3v) is 4.02. The van der Waals surface area contributed by atoms with Gasteiger partial charge in [0.2, 0.25) is 5.91 Å². The summed E-state index contributed by atoms with van der Waals surface area (Å²) in [5, 5.41) is 6.18. The Balaban J connectivity index is 0.00000264. The third kappa shape index (κ3) is 6.75. The molecule has 0 unspecified atom stereocenters. The molecule has 0 spiro atoms. The van der Waals surface area contributed by atoms with Crippen LogP contribution in [0.2, 0.25) is 0 Å². The molecular formula is C17H26ClFN2O2. The van der Waals surface area contributed by atoms with Gasteiger partial charge in [-0.25, -0.2) is 4.39 Å². The Bertz CT molecular complexity index is 493. The lowest BCUT2D eigenvalue weighted by atomic mass is 9.93. The molecule has 0 atom stereocenters. The second-order valence-corrected chi connectivity index (χ2v) is 5.71. The van der Waals surface area contributed by atoms with E-state index >= 15 is 0 Å². The van der Waals surface area contributed by atoms with Crippen LogP contribution in [0.15, 0.2) is 18.2 Å². The van der Waals surface area contributed by atoms with Gasteiger partial charge in [-0.05, 0) is 62.9 Å². The zero-order valence-corrected chi connectivity index (χ0v) is 14.4. The fraction of sp³-hybridized carbons (Fsp3) is 0.588. The molecule has 0 bridgehead atoms. The van der Waals surface area contributed by atoms with Gasteiger partial charge in [-0.3, -0.25) is 4.79 Å². The van der Waals surface area contributed by atoms with Crippen molar-refractivity contribution >= 4 is 18.3 Å². The van der Waals surface area contributed by atoms with E-state index in [1.807, 2.05) is 6.92 Å². The van der Waals surface area contributed by atoms with Crippen molar-refractivity contribution in [3.8, 4) is 5.75 Å². The molecule has 1 aromatic carbocycles. The highest BCUT2D eigenvalue weighted by Crippen LogP contribution is 2.19. The van der Waals surface area contributed by atoms with Crippen molar-refractivity contribution in [2.24, 2.45) is 5.92 Å². The normalized spacial score (nSPS) is 14.9. The van der Waals surface area contributed by atoms with Gasteiger partial charge in [0.15, 0.2) is 11.6 Å². The minimum absolute atomic E-state index is 0. The molecule has 23 heavy (non-hydrogen) atoms. The molecule has 1 aliphatic rings. The van der Waals surface area contributed by atoms with Gasteiger partial charge in [-0.15, -0.1) is 12.4 Å². The summed E-state index contributed by atoms with van der Waals surface area (Å²) in [5.74, 6) is 0.550. The lowest BCUT2D eigenvalue weighted by Crippen LogP contribution is -2.29. The lowest BCUT2D eigenvalue weighted by molar-refractivity contribution is -0.121. The minimum atomic E-state index is -0.386. The highest BCUT2D eigenvalue weighted by atomic mass is 35.5. The van der Waals surface area contributed by atoms with Gasteiger partial charge >= 0.3 is 0 Å². The van der Waals surface area contributed by atoms with E-state index in [0.29, 0.717) is 25.5 Å². The van der Waals surface area contributed by atoms with E-state index < -0.39 is 0 Å². The first kappa shape index (κ1) is 19.7. The molecule has 6 heteroatoms. The summed E-state index contributed by atoms with van der Waals surface area (Å²) in [7, 11) is 0. The van der Waals surface area contributed by atoms with Gasteiger partial charge in [0.25, 0.3) is 0 Å². The van der Waals surface area contributed by atoms with Crippen LogP contribution in [0, 0.1) is 11.7 Å². The smallest absolute Gasteiger partial charge is 0.220 e. The molecule has 1 saturated heterocycles. The molecule has 1 amide bonds. The van der Waals surface area contributed by atoms with Crippen LogP contribution >= 0.6 is 12.4 Å². The lowest BCUT2D eigenvalue weighted by Gasteiger charge is -2.22. The van der Waals surface area contributed by atoms with Crippen molar-refractivity contribution in [2.75, 3.05) is 19.7 Å². The minimum Gasteiger partial charge on any atom is -0.491 e. The Morgan fingerprint density at radius 2 is 2.13 bits per heavy atom. The van der Waals surface area contributed by atoms with Crippen molar-refractivity contribution in [1.82, 2.24) is 10.6 Å². The van der Waals surface area contributed by atoms with Crippen molar-refractivity contribution < 1.29 is 13.9 Å². The van der Waals surface area contributed by atoms with Crippen molar-refractivity contribution in [2.45, 2.75) is 39.2 Å². The molecule has 1 aliphatic heterocycles. The van der Waals surface area contributed by atoms with E-state index in [1.165, 1.54) is 6.07 Å². The summed E-state index contributed by atoms with van der Waals surface area (Å²) >= 11 is 0. The highest BCUT2D eigenvalue weighted by molar-refractivity contribution is 5.85. The summed E-state index contributed by atoms with van der Waals surface area (Å²) in [6.07, 6.45) is 3.78. The Hall–Kier alpha value is -1.33. The zero-order valence-electron chi connectivity index (χ0n) is 13.6. The van der Waals surface area contributed by atoms with Crippen LogP contribution in [-0.4, -0.2) is 25.6 Å². The summed E-state index contributed by atoms with van der Waals surface area (Å²) < 4.78 is 18.9. The average molecular weight is 345 g/mol. The third-order valence-electron chi connectivity index (χ3n) is 4.02. The first-order valence-electron chi connectivity index (χ1n) is 8.07. The van der Waals surface area contributed by atoms with E-state index in [2.05, 4.69) is 10.6 Å². The first-order chi connectivity index (χ1) is 10.7. The van der Waals surface area contributed by atoms with Crippen molar-refractivity contribution in [3.05, 3.63) is 29.6 Å². The fourth-order valence-electron chi connectivity index (χ4n) is 2.72. The van der Waals surface area contributed by atoms with Gasteiger partial charge in [0.05, 0.1) is 6.61 Å². The predicted molar refractivity (Wildman–Crippen MR) is 91.5 cm³/mol. The number of carbonyl (C=O) groups excluding carboxylic acids is 1. The van der Waals surface area contributed by atoms with E-state index in [-0.39, 0.29) is 29.9 Å². The van der Waals surface area contributed by atoms with E-state index in [4.69, 9.17) is 4.74 Å². The van der Waals surface area contributed by atoms with Crippen molar-refractivity contribution in [3.63, 3.8) is 0 Å². The first-order valence-corrected chi connectivity index (χ1v) is 8.07. The van der Waals surface area contributed by atoms with Gasteiger partial charge < -0.3 is 15.4 Å². The maximum Gasteiger partial charge on any atom is 0.220 e. The van der Waals surface area contributed by atoms with Crippen LogP contribution in [0.4, 0.5) is 4.39 Å². The molecule has 0 saturated carbocycles. The zero-order chi connectivity index (χ0) is 15.8. The SMILES string of the molecule is CCOc1ccc(CNC(=O)CCC2CCNCC2)cc1F.Cl. The van der Waals surface area contributed by atoms with Crippen LogP contribution in [0.5, 0.6) is 5.75 Å². The monoisotopic (exact) mass is 344 g/mol. The number of amides is 1. The number of rotatable bonds is 7. The summed E-state index contributed by atoms with van der Waals surface area (Å²) in [4.78, 5) is 11.9. The topological polar surface area (TPSA) is 50.4 Å². The van der Waals surface area contributed by atoms with Crippen LogP contribution in [0.25, 0.3) is 0 Å². The molecule has 4 nitrogen and oxygen atoms in total. The second-order valence-electron chi connectivity index (χ2n) is 5.71. The molecule has 0 aromatic heterocycles. The van der Waals surface area contributed by atoms with Gasteiger partial charge in [-0.2, -0.15) is 0 Å². The molecule has 0 aliphatic carbocycles. The summed E-state index contributed by atoms with van der Waals surface area (Å²) in [6, 6.07) is 4.80. The molecule has 2 N–H and O–H groups in total. The van der Waals surface area contributed by atoms with Crippen LogP contribution in [-0.2, 0) is 11.3 Å². The Kier molecular flexibility index (Phi) is 8.95. The van der Waals surface area contributed by atoms with Crippen molar-refractivity contribution in [1.29, 1.82) is 0 Å². The van der Waals surface area contributed by atoms with E-state index in [9.17, 15) is 9.18 Å². The fourth-order valence-corrected chi connectivity index (χ4v) is 2.72. The molecular weight excluding hydrogens is 319 g/mol. The number of benzene rings is 1.